The number of amides is 1. The van der Waals surface area contributed by atoms with Gasteiger partial charge < -0.3 is 19.9 Å². The Kier molecular flexibility index (Phi) is 7.32. The SMILES string of the molecule is COc1cccc(CNCC[C@@H]2CCC(=O)N2CCN2CCCCC2)c1. The molecule has 1 amide bonds. The van der Waals surface area contributed by atoms with Crippen molar-refractivity contribution in [3.05, 3.63) is 29.8 Å². The predicted octanol–water partition coefficient (Wildman–Crippen LogP) is 2.65. The maximum Gasteiger partial charge on any atom is 0.222 e. The topological polar surface area (TPSA) is 44.8 Å². The molecule has 0 bridgehead atoms. The number of hydrogen-bond acceptors (Lipinski definition) is 4. The Morgan fingerprint density at radius 3 is 2.85 bits per heavy atom. The standard InChI is InChI=1S/C21H33N3O2/c1-26-20-7-5-6-18(16-20)17-22-11-10-19-8-9-21(25)24(19)15-14-23-12-3-2-4-13-23/h5-7,16,19,22H,2-4,8-15,17H2,1H3/t19-/m0/s1. The lowest BCUT2D eigenvalue weighted by Crippen LogP contribution is -2.42. The first-order chi connectivity index (χ1) is 12.8. The van der Waals surface area contributed by atoms with Crippen LogP contribution in [0.2, 0.25) is 0 Å². The molecule has 0 spiro atoms. The van der Waals surface area contributed by atoms with E-state index < -0.39 is 0 Å². The Morgan fingerprint density at radius 1 is 1.19 bits per heavy atom. The molecule has 2 saturated heterocycles. The van der Waals surface area contributed by atoms with Crippen molar-refractivity contribution in [2.75, 3.05) is 39.8 Å². The molecule has 3 rings (SSSR count). The first kappa shape index (κ1) is 19.2. The van der Waals surface area contributed by atoms with Crippen molar-refractivity contribution in [2.45, 2.75) is 51.1 Å². The van der Waals surface area contributed by atoms with Crippen LogP contribution in [0.4, 0.5) is 0 Å². The van der Waals surface area contributed by atoms with Gasteiger partial charge in [-0.3, -0.25) is 4.79 Å². The fourth-order valence-electron chi connectivity index (χ4n) is 4.12. The largest absolute Gasteiger partial charge is 0.497 e. The Balaban J connectivity index is 1.39. The number of benzene rings is 1. The lowest BCUT2D eigenvalue weighted by molar-refractivity contribution is -0.129. The van der Waals surface area contributed by atoms with Crippen LogP contribution in [0.3, 0.4) is 0 Å². The Bertz CT molecular complexity index is 572. The Labute approximate surface area is 157 Å². The van der Waals surface area contributed by atoms with Gasteiger partial charge in [0.15, 0.2) is 0 Å². The highest BCUT2D eigenvalue weighted by Gasteiger charge is 2.30. The van der Waals surface area contributed by atoms with Gasteiger partial charge in [0.25, 0.3) is 0 Å². The van der Waals surface area contributed by atoms with Crippen LogP contribution >= 0.6 is 0 Å². The zero-order chi connectivity index (χ0) is 18.2. The number of nitrogens with zero attached hydrogens (tertiary/aromatic N) is 2. The molecule has 0 unspecified atom stereocenters. The lowest BCUT2D eigenvalue weighted by Gasteiger charge is -2.31. The van der Waals surface area contributed by atoms with E-state index in [2.05, 4.69) is 27.2 Å². The van der Waals surface area contributed by atoms with Crippen molar-refractivity contribution in [1.82, 2.24) is 15.1 Å². The fourth-order valence-corrected chi connectivity index (χ4v) is 4.12. The highest BCUT2D eigenvalue weighted by atomic mass is 16.5. The summed E-state index contributed by atoms with van der Waals surface area (Å²) in [4.78, 5) is 16.9. The molecule has 2 aliphatic heterocycles. The van der Waals surface area contributed by atoms with E-state index in [1.165, 1.54) is 37.9 Å². The summed E-state index contributed by atoms with van der Waals surface area (Å²) in [5.74, 6) is 1.24. The van der Waals surface area contributed by atoms with Crippen molar-refractivity contribution in [1.29, 1.82) is 0 Å². The molecule has 1 atom stereocenters. The number of rotatable bonds is 9. The van der Waals surface area contributed by atoms with Crippen molar-refractivity contribution < 1.29 is 9.53 Å². The third-order valence-corrected chi connectivity index (χ3v) is 5.68. The molecule has 2 heterocycles. The number of nitrogens with one attached hydrogen (secondary N) is 1. The van der Waals surface area contributed by atoms with E-state index in [1.54, 1.807) is 7.11 Å². The number of carbonyl (C=O) groups excluding carboxylic acids is 1. The van der Waals surface area contributed by atoms with E-state index in [4.69, 9.17) is 4.74 Å². The quantitative estimate of drug-likeness (QED) is 0.689. The third-order valence-electron chi connectivity index (χ3n) is 5.68. The molecule has 0 aliphatic carbocycles. The van der Waals surface area contributed by atoms with Crippen LogP contribution < -0.4 is 10.1 Å². The van der Waals surface area contributed by atoms with Crippen molar-refractivity contribution in [3.63, 3.8) is 0 Å². The summed E-state index contributed by atoms with van der Waals surface area (Å²) >= 11 is 0. The molecule has 5 heteroatoms. The summed E-state index contributed by atoms with van der Waals surface area (Å²) in [6.07, 6.45) is 6.76. The van der Waals surface area contributed by atoms with Gasteiger partial charge in [0.05, 0.1) is 7.11 Å². The predicted molar refractivity (Wildman–Crippen MR) is 104 cm³/mol. The van der Waals surface area contributed by atoms with Crippen LogP contribution in [0.1, 0.15) is 44.1 Å². The van der Waals surface area contributed by atoms with E-state index >= 15 is 0 Å². The van der Waals surface area contributed by atoms with Gasteiger partial charge in [0, 0.05) is 32.1 Å². The smallest absolute Gasteiger partial charge is 0.222 e. The molecule has 26 heavy (non-hydrogen) atoms. The van der Waals surface area contributed by atoms with Gasteiger partial charge in [0.1, 0.15) is 5.75 Å². The van der Waals surface area contributed by atoms with Crippen LogP contribution in [0, 0.1) is 0 Å². The fraction of sp³-hybridized carbons (Fsp3) is 0.667. The van der Waals surface area contributed by atoms with Gasteiger partial charge in [-0.2, -0.15) is 0 Å². The monoisotopic (exact) mass is 359 g/mol. The number of ether oxygens (including phenoxy) is 1. The molecule has 5 nitrogen and oxygen atoms in total. The molecular formula is C21H33N3O2. The van der Waals surface area contributed by atoms with Crippen molar-refractivity contribution in [3.8, 4) is 5.75 Å². The average molecular weight is 360 g/mol. The summed E-state index contributed by atoms with van der Waals surface area (Å²) in [6, 6.07) is 8.57. The van der Waals surface area contributed by atoms with Crippen molar-refractivity contribution in [2.24, 2.45) is 0 Å². The minimum atomic E-state index is 0.347. The number of carbonyl (C=O) groups is 1. The third kappa shape index (κ3) is 5.45. The molecule has 144 valence electrons. The Hall–Kier alpha value is -1.59. The van der Waals surface area contributed by atoms with Crippen LogP contribution in [0.5, 0.6) is 5.75 Å². The van der Waals surface area contributed by atoms with Crippen LogP contribution in [-0.2, 0) is 11.3 Å². The summed E-state index contributed by atoms with van der Waals surface area (Å²) < 4.78 is 5.27. The van der Waals surface area contributed by atoms with Crippen LogP contribution in [-0.4, -0.2) is 61.6 Å². The summed E-state index contributed by atoms with van der Waals surface area (Å²) in [5, 5.41) is 3.52. The number of piperidine rings is 1. The molecular weight excluding hydrogens is 326 g/mol. The minimum absolute atomic E-state index is 0.347. The molecule has 2 fully saturated rings. The number of likely N-dealkylation sites (tertiary alicyclic amines) is 2. The summed E-state index contributed by atoms with van der Waals surface area (Å²) in [6.45, 7) is 6.13. The first-order valence-electron chi connectivity index (χ1n) is 10.1. The minimum Gasteiger partial charge on any atom is -0.497 e. The van der Waals surface area contributed by atoms with Gasteiger partial charge in [-0.1, -0.05) is 18.6 Å². The maximum absolute atomic E-state index is 12.3. The van der Waals surface area contributed by atoms with E-state index in [0.717, 1.165) is 51.2 Å². The van der Waals surface area contributed by atoms with E-state index in [1.807, 2.05) is 12.1 Å². The highest BCUT2D eigenvalue weighted by molar-refractivity contribution is 5.78. The molecule has 1 aromatic rings. The zero-order valence-electron chi connectivity index (χ0n) is 16.1. The second-order valence-electron chi connectivity index (χ2n) is 7.50. The summed E-state index contributed by atoms with van der Waals surface area (Å²) in [7, 11) is 1.70. The number of hydrogen-bond donors (Lipinski definition) is 1. The lowest BCUT2D eigenvalue weighted by atomic mass is 10.1. The Morgan fingerprint density at radius 2 is 2.04 bits per heavy atom. The molecule has 0 saturated carbocycles. The normalized spacial score (nSPS) is 21.3. The van der Waals surface area contributed by atoms with Crippen molar-refractivity contribution >= 4 is 5.91 Å². The van der Waals surface area contributed by atoms with E-state index in [-0.39, 0.29) is 0 Å². The van der Waals surface area contributed by atoms with Crippen LogP contribution in [0.15, 0.2) is 24.3 Å². The molecule has 1 aromatic carbocycles. The molecule has 0 aromatic heterocycles. The second-order valence-corrected chi connectivity index (χ2v) is 7.50. The van der Waals surface area contributed by atoms with E-state index in [0.29, 0.717) is 11.9 Å². The zero-order valence-corrected chi connectivity index (χ0v) is 16.1. The summed E-state index contributed by atoms with van der Waals surface area (Å²) in [5.41, 5.74) is 1.23. The van der Waals surface area contributed by atoms with Gasteiger partial charge in [-0.25, -0.2) is 0 Å². The van der Waals surface area contributed by atoms with Gasteiger partial charge in [0.2, 0.25) is 5.91 Å². The highest BCUT2D eigenvalue weighted by Crippen LogP contribution is 2.21. The van der Waals surface area contributed by atoms with Crippen LogP contribution in [0.25, 0.3) is 0 Å². The number of methoxy groups -OCH3 is 1. The maximum atomic E-state index is 12.3. The van der Waals surface area contributed by atoms with E-state index in [9.17, 15) is 4.79 Å². The van der Waals surface area contributed by atoms with Gasteiger partial charge in [-0.05, 0) is 63.0 Å². The second kappa shape index (κ2) is 9.93. The molecule has 0 radical (unpaired) electrons. The molecule has 1 N–H and O–H groups in total. The van der Waals surface area contributed by atoms with Gasteiger partial charge in [-0.15, -0.1) is 0 Å². The first-order valence-corrected chi connectivity index (χ1v) is 10.1. The molecule has 2 aliphatic rings. The van der Waals surface area contributed by atoms with Gasteiger partial charge >= 0.3 is 0 Å². The average Bonchev–Trinajstić information content (AvgIpc) is 3.04.